The number of hydrogen-bond acceptors (Lipinski definition) is 6. The molecule has 3 heterocycles. The third kappa shape index (κ3) is 3.22. The van der Waals surface area contributed by atoms with Crippen LogP contribution in [0.15, 0.2) is 40.9 Å². The highest BCUT2D eigenvalue weighted by Gasteiger charge is 2.26. The summed E-state index contributed by atoms with van der Waals surface area (Å²) in [5.41, 5.74) is 1.24. The normalized spacial score (nSPS) is 16.5. The molecule has 1 amide bonds. The van der Waals surface area contributed by atoms with Crippen LogP contribution in [0, 0.1) is 6.92 Å². The number of hydrogen-bond donors (Lipinski definition) is 0. The van der Waals surface area contributed by atoms with Crippen LogP contribution in [0.25, 0.3) is 10.2 Å². The molecule has 134 valence electrons. The van der Waals surface area contributed by atoms with Crippen molar-refractivity contribution in [2.45, 2.75) is 32.9 Å². The highest BCUT2D eigenvalue weighted by atomic mass is 32.1. The van der Waals surface area contributed by atoms with Gasteiger partial charge in [0.15, 0.2) is 11.5 Å². The van der Waals surface area contributed by atoms with Gasteiger partial charge >= 0.3 is 0 Å². The summed E-state index contributed by atoms with van der Waals surface area (Å²) >= 11 is 1.65. The van der Waals surface area contributed by atoms with E-state index in [9.17, 15) is 4.79 Å². The van der Waals surface area contributed by atoms with E-state index in [-0.39, 0.29) is 18.6 Å². The van der Waals surface area contributed by atoms with Gasteiger partial charge in [0.1, 0.15) is 12.4 Å². The molecule has 1 unspecified atom stereocenters. The number of amides is 1. The molecule has 1 atom stereocenters. The number of aryl methyl sites for hydroxylation is 1. The summed E-state index contributed by atoms with van der Waals surface area (Å²) in [6.45, 7) is 4.87. The molecule has 0 radical (unpaired) electrons. The predicted octanol–water partition coefficient (Wildman–Crippen LogP) is 3.96. The fourth-order valence-electron chi connectivity index (χ4n) is 3.06. The number of ether oxygens (including phenoxy) is 1. The van der Waals surface area contributed by atoms with Gasteiger partial charge in [0.25, 0.3) is 5.91 Å². The monoisotopic (exact) mass is 369 g/mol. The molecule has 4 rings (SSSR count). The van der Waals surface area contributed by atoms with Crippen LogP contribution in [0.4, 0.5) is 0 Å². The highest BCUT2D eigenvalue weighted by Crippen LogP contribution is 2.26. The first-order chi connectivity index (χ1) is 12.6. The van der Waals surface area contributed by atoms with Gasteiger partial charge in [-0.15, -0.1) is 11.3 Å². The lowest BCUT2D eigenvalue weighted by Crippen LogP contribution is -2.35. The minimum absolute atomic E-state index is 0.115. The smallest absolute Gasteiger partial charge is 0.276 e. The maximum atomic E-state index is 12.6. The molecular formula is C19H19N3O3S. The average molecular weight is 369 g/mol. The topological polar surface area (TPSA) is 68.5 Å². The molecule has 0 bridgehead atoms. The lowest BCUT2D eigenvalue weighted by Gasteiger charge is -2.22. The van der Waals surface area contributed by atoms with Crippen LogP contribution in [0.2, 0.25) is 0 Å². The first-order valence-electron chi connectivity index (χ1n) is 8.57. The molecule has 1 aliphatic heterocycles. The third-order valence-corrected chi connectivity index (χ3v) is 5.32. The summed E-state index contributed by atoms with van der Waals surface area (Å²) in [6, 6.07) is 7.59. The van der Waals surface area contributed by atoms with Crippen molar-refractivity contribution in [3.8, 4) is 5.75 Å². The number of benzene rings is 1. The largest absolute Gasteiger partial charge is 0.485 e. The Labute approximate surface area is 155 Å². The molecule has 0 fully saturated rings. The van der Waals surface area contributed by atoms with Crippen molar-refractivity contribution in [3.05, 3.63) is 52.9 Å². The molecule has 6 nitrogen and oxygen atoms in total. The molecular weight excluding hydrogens is 350 g/mol. The molecule has 1 aromatic carbocycles. The summed E-state index contributed by atoms with van der Waals surface area (Å²) < 4.78 is 12.2. The van der Waals surface area contributed by atoms with Gasteiger partial charge in [-0.05, 0) is 25.5 Å². The van der Waals surface area contributed by atoms with Crippen molar-refractivity contribution in [1.82, 2.24) is 15.0 Å². The molecule has 1 aliphatic rings. The Morgan fingerprint density at radius 1 is 1.42 bits per heavy atom. The van der Waals surface area contributed by atoms with E-state index in [1.807, 2.05) is 31.2 Å². The molecule has 26 heavy (non-hydrogen) atoms. The number of fused-ring (bicyclic) bond motifs is 1. The van der Waals surface area contributed by atoms with Crippen molar-refractivity contribution in [2.75, 3.05) is 6.54 Å². The van der Waals surface area contributed by atoms with E-state index < -0.39 is 0 Å². The molecule has 7 heteroatoms. The van der Waals surface area contributed by atoms with E-state index >= 15 is 0 Å². The van der Waals surface area contributed by atoms with Crippen molar-refractivity contribution < 1.29 is 14.1 Å². The van der Waals surface area contributed by atoms with E-state index in [1.54, 1.807) is 22.3 Å². The van der Waals surface area contributed by atoms with Gasteiger partial charge in [0.2, 0.25) is 0 Å². The molecule has 2 aromatic heterocycles. The fraction of sp³-hybridized carbons (Fsp3) is 0.316. The molecule has 0 saturated carbocycles. The maximum Gasteiger partial charge on any atom is 0.276 e. The van der Waals surface area contributed by atoms with Crippen LogP contribution < -0.4 is 4.74 Å². The molecule has 3 aromatic rings. The van der Waals surface area contributed by atoms with Gasteiger partial charge < -0.3 is 14.2 Å². The number of carbonyl (C=O) groups is 1. The minimum atomic E-state index is -0.115. The van der Waals surface area contributed by atoms with E-state index in [1.165, 1.54) is 0 Å². The third-order valence-electron chi connectivity index (χ3n) is 4.36. The first kappa shape index (κ1) is 16.8. The number of aromatic nitrogens is 2. The van der Waals surface area contributed by atoms with Crippen LogP contribution >= 0.6 is 11.3 Å². The van der Waals surface area contributed by atoms with Crippen molar-refractivity contribution in [2.24, 2.45) is 0 Å². The molecule has 0 saturated heterocycles. The van der Waals surface area contributed by atoms with Gasteiger partial charge in [-0.1, -0.05) is 24.2 Å². The van der Waals surface area contributed by atoms with Crippen LogP contribution in [0.5, 0.6) is 5.75 Å². The molecule has 0 aliphatic carbocycles. The van der Waals surface area contributed by atoms with Gasteiger partial charge in [-0.25, -0.2) is 4.98 Å². The van der Waals surface area contributed by atoms with Crippen LogP contribution in [-0.2, 0) is 6.61 Å². The first-order valence-corrected chi connectivity index (χ1v) is 9.39. The fourth-order valence-corrected chi connectivity index (χ4v) is 3.86. The Bertz CT molecular complexity index is 975. The molecule has 0 N–H and O–H groups in total. The van der Waals surface area contributed by atoms with Crippen LogP contribution in [-0.4, -0.2) is 33.5 Å². The quantitative estimate of drug-likeness (QED) is 0.637. The van der Waals surface area contributed by atoms with Crippen LogP contribution in [0.3, 0.4) is 0 Å². The van der Waals surface area contributed by atoms with E-state index in [0.29, 0.717) is 23.7 Å². The number of rotatable bonds is 5. The summed E-state index contributed by atoms with van der Waals surface area (Å²) in [5, 5.41) is 4.94. The second-order valence-corrected chi connectivity index (χ2v) is 7.43. The maximum absolute atomic E-state index is 12.6. The number of carbonyl (C=O) groups excluding carboxylic acids is 1. The lowest BCUT2D eigenvalue weighted by atomic mass is 10.2. The summed E-state index contributed by atoms with van der Waals surface area (Å²) in [4.78, 5) is 18.8. The summed E-state index contributed by atoms with van der Waals surface area (Å²) in [6.07, 6.45) is 4.94. The Morgan fingerprint density at radius 2 is 2.31 bits per heavy atom. The second-order valence-electron chi connectivity index (χ2n) is 6.19. The zero-order chi connectivity index (χ0) is 18.1. The lowest BCUT2D eigenvalue weighted by molar-refractivity contribution is 0.0737. The van der Waals surface area contributed by atoms with E-state index in [0.717, 1.165) is 21.6 Å². The Hall–Kier alpha value is -2.67. The Kier molecular flexibility index (Phi) is 4.46. The zero-order valence-electron chi connectivity index (χ0n) is 14.6. The number of nitrogens with zero attached hydrogens (tertiary/aromatic N) is 3. The minimum Gasteiger partial charge on any atom is -0.485 e. The Morgan fingerprint density at radius 3 is 3.15 bits per heavy atom. The standard InChI is InChI=1S/C19H19N3O3S/c1-3-13-5-4-8-22(13)19(23)17-10-15(25-21-17)11-24-14-6-7-18-16(9-14)20-12(2)26-18/h4-7,9-10,13H,3,8,11H2,1-2H3. The van der Waals surface area contributed by atoms with Gasteiger partial charge in [0.05, 0.1) is 21.3 Å². The van der Waals surface area contributed by atoms with Crippen molar-refractivity contribution >= 4 is 27.5 Å². The Balaban J connectivity index is 1.42. The van der Waals surface area contributed by atoms with E-state index in [4.69, 9.17) is 9.26 Å². The average Bonchev–Trinajstić information content (AvgIpc) is 3.36. The summed E-state index contributed by atoms with van der Waals surface area (Å²) in [5.74, 6) is 1.11. The predicted molar refractivity (Wildman–Crippen MR) is 99.4 cm³/mol. The van der Waals surface area contributed by atoms with Gasteiger partial charge in [0, 0.05) is 18.7 Å². The van der Waals surface area contributed by atoms with Crippen LogP contribution in [0.1, 0.15) is 34.6 Å². The highest BCUT2D eigenvalue weighted by molar-refractivity contribution is 7.18. The van der Waals surface area contributed by atoms with Crippen molar-refractivity contribution in [1.29, 1.82) is 0 Å². The van der Waals surface area contributed by atoms with Gasteiger partial charge in [-0.3, -0.25) is 4.79 Å². The van der Waals surface area contributed by atoms with Gasteiger partial charge in [-0.2, -0.15) is 0 Å². The second kappa shape index (κ2) is 6.92. The van der Waals surface area contributed by atoms with Crippen molar-refractivity contribution in [3.63, 3.8) is 0 Å². The summed E-state index contributed by atoms with van der Waals surface area (Å²) in [7, 11) is 0. The van der Waals surface area contributed by atoms with E-state index in [2.05, 4.69) is 23.1 Å². The SMILES string of the molecule is CCC1C=CCN1C(=O)c1cc(COc2ccc3sc(C)nc3c2)on1. The zero-order valence-corrected chi connectivity index (χ0v) is 15.5. The molecule has 0 spiro atoms. The number of thiazole rings is 1.